The van der Waals surface area contributed by atoms with E-state index in [1.54, 1.807) is 31.2 Å². The van der Waals surface area contributed by atoms with Gasteiger partial charge in [0, 0.05) is 18.2 Å². The zero-order valence-corrected chi connectivity index (χ0v) is 18.1. The van der Waals surface area contributed by atoms with E-state index < -0.39 is 5.69 Å². The third-order valence-corrected chi connectivity index (χ3v) is 5.75. The van der Waals surface area contributed by atoms with Crippen molar-refractivity contribution in [2.75, 3.05) is 5.32 Å². The van der Waals surface area contributed by atoms with Crippen molar-refractivity contribution in [3.8, 4) is 0 Å². The number of carbonyl (C=O) groups excluding carboxylic acids is 2. The molecule has 4 rings (SSSR count). The number of aromatic nitrogens is 2. The minimum atomic E-state index is -0.505. The summed E-state index contributed by atoms with van der Waals surface area (Å²) < 4.78 is 2.46. The van der Waals surface area contributed by atoms with Gasteiger partial charge in [0.1, 0.15) is 6.54 Å². The first-order valence-electron chi connectivity index (χ1n) is 10.8. The van der Waals surface area contributed by atoms with Gasteiger partial charge in [-0.1, -0.05) is 24.3 Å². The van der Waals surface area contributed by atoms with E-state index in [4.69, 9.17) is 0 Å². The van der Waals surface area contributed by atoms with Crippen LogP contribution in [0.5, 0.6) is 0 Å². The Morgan fingerprint density at radius 3 is 2.38 bits per heavy atom. The number of hydrogen-bond acceptors (Lipinski definition) is 4. The third-order valence-electron chi connectivity index (χ3n) is 5.75. The molecule has 0 saturated heterocycles. The van der Waals surface area contributed by atoms with Gasteiger partial charge >= 0.3 is 5.69 Å². The lowest BCUT2D eigenvalue weighted by Gasteiger charge is -2.17. The van der Waals surface area contributed by atoms with Crippen LogP contribution in [0.2, 0.25) is 0 Å². The van der Waals surface area contributed by atoms with E-state index in [1.165, 1.54) is 4.57 Å². The predicted octanol–water partition coefficient (Wildman–Crippen LogP) is 2.41. The Bertz CT molecular complexity index is 1290. The van der Waals surface area contributed by atoms with Crippen LogP contribution >= 0.6 is 0 Å². The minimum Gasteiger partial charge on any atom is -0.348 e. The number of anilines is 1. The minimum absolute atomic E-state index is 0.0465. The molecule has 1 fully saturated rings. The quantitative estimate of drug-likeness (QED) is 0.596. The fraction of sp³-hybridized carbons (Fsp3) is 0.333. The summed E-state index contributed by atoms with van der Waals surface area (Å²) in [4.78, 5) is 50.0. The van der Waals surface area contributed by atoms with Crippen molar-refractivity contribution in [3.05, 3.63) is 74.9 Å². The summed E-state index contributed by atoms with van der Waals surface area (Å²) in [6.45, 7) is 3.61. The highest BCUT2D eigenvalue weighted by atomic mass is 16.2. The number of carbonyl (C=O) groups is 2. The summed E-state index contributed by atoms with van der Waals surface area (Å²) in [6.07, 6.45) is 1.89. The number of para-hydroxylation sites is 1. The molecule has 1 saturated carbocycles. The molecule has 0 bridgehead atoms. The molecule has 1 aromatic heterocycles. The molecule has 0 radical (unpaired) electrons. The Kier molecular flexibility index (Phi) is 5.94. The first-order valence-corrected chi connectivity index (χ1v) is 10.8. The molecule has 32 heavy (non-hydrogen) atoms. The van der Waals surface area contributed by atoms with Gasteiger partial charge in [0.25, 0.3) is 5.56 Å². The molecule has 1 heterocycles. The van der Waals surface area contributed by atoms with Gasteiger partial charge in [-0.3, -0.25) is 23.5 Å². The van der Waals surface area contributed by atoms with Crippen LogP contribution in [-0.2, 0) is 22.7 Å². The number of rotatable bonds is 7. The monoisotopic (exact) mass is 434 g/mol. The smallest absolute Gasteiger partial charge is 0.331 e. The molecule has 1 aliphatic rings. The average molecular weight is 434 g/mol. The molecule has 0 aliphatic heterocycles. The second kappa shape index (κ2) is 8.82. The second-order valence-corrected chi connectivity index (χ2v) is 8.11. The van der Waals surface area contributed by atoms with E-state index in [0.29, 0.717) is 10.9 Å². The van der Waals surface area contributed by atoms with Crippen LogP contribution in [0.3, 0.4) is 0 Å². The zero-order valence-electron chi connectivity index (χ0n) is 18.1. The van der Waals surface area contributed by atoms with Crippen molar-refractivity contribution >= 4 is 28.4 Å². The number of amides is 2. The van der Waals surface area contributed by atoms with Gasteiger partial charge in [-0.2, -0.15) is 0 Å². The van der Waals surface area contributed by atoms with E-state index in [9.17, 15) is 19.2 Å². The Hall–Kier alpha value is -3.68. The molecule has 2 N–H and O–H groups in total. The summed E-state index contributed by atoms with van der Waals surface area (Å²) in [5, 5.41) is 6.20. The van der Waals surface area contributed by atoms with Gasteiger partial charge in [-0.05, 0) is 56.5 Å². The van der Waals surface area contributed by atoms with Crippen LogP contribution in [0.15, 0.2) is 58.1 Å². The Labute approximate surface area is 184 Å². The normalized spacial score (nSPS) is 14.2. The van der Waals surface area contributed by atoms with Gasteiger partial charge in [0.2, 0.25) is 11.8 Å². The van der Waals surface area contributed by atoms with Gasteiger partial charge in [0.15, 0.2) is 0 Å². The van der Waals surface area contributed by atoms with Crippen molar-refractivity contribution in [3.63, 3.8) is 0 Å². The maximum Gasteiger partial charge on any atom is 0.331 e. The van der Waals surface area contributed by atoms with Crippen LogP contribution in [0.25, 0.3) is 10.9 Å². The van der Waals surface area contributed by atoms with Crippen LogP contribution in [0.4, 0.5) is 5.69 Å². The molecule has 0 spiro atoms. The summed E-state index contributed by atoms with van der Waals surface area (Å²) >= 11 is 0. The summed E-state index contributed by atoms with van der Waals surface area (Å²) in [5.41, 5.74) is 1.18. The fourth-order valence-corrected chi connectivity index (χ4v) is 3.76. The maximum absolute atomic E-state index is 12.8. The van der Waals surface area contributed by atoms with E-state index >= 15 is 0 Å². The first-order chi connectivity index (χ1) is 15.4. The standard InChI is InChI=1S/C24H26N4O4/c1-3-27-23(31)19-6-4-5-7-20(19)28(24(27)32)14-21(29)25-15(2)16-10-12-18(13-11-16)26-22(30)17-8-9-17/h4-7,10-13,15,17H,3,8-9,14H2,1-2H3,(H,25,29)(H,26,30). The topological polar surface area (TPSA) is 102 Å². The molecule has 1 unspecified atom stereocenters. The summed E-state index contributed by atoms with van der Waals surface area (Å²) in [6, 6.07) is 13.8. The number of benzene rings is 2. The second-order valence-electron chi connectivity index (χ2n) is 8.11. The summed E-state index contributed by atoms with van der Waals surface area (Å²) in [5.74, 6) is -0.156. The molecule has 8 nitrogen and oxygen atoms in total. The molecular formula is C24H26N4O4. The van der Waals surface area contributed by atoms with E-state index in [2.05, 4.69) is 10.6 Å². The molecule has 1 atom stereocenters. The molecule has 1 aliphatic carbocycles. The molecular weight excluding hydrogens is 408 g/mol. The van der Waals surface area contributed by atoms with E-state index in [-0.39, 0.29) is 42.4 Å². The third kappa shape index (κ3) is 4.34. The van der Waals surface area contributed by atoms with Crippen LogP contribution in [0.1, 0.15) is 38.3 Å². The SMILES string of the molecule is CCn1c(=O)c2ccccc2n(CC(=O)NC(C)c2ccc(NC(=O)C3CC3)cc2)c1=O. The van der Waals surface area contributed by atoms with Crippen LogP contribution in [-0.4, -0.2) is 20.9 Å². The van der Waals surface area contributed by atoms with Crippen molar-refractivity contribution < 1.29 is 9.59 Å². The average Bonchev–Trinajstić information content (AvgIpc) is 3.63. The highest BCUT2D eigenvalue weighted by Gasteiger charge is 2.29. The lowest BCUT2D eigenvalue weighted by atomic mass is 10.1. The highest BCUT2D eigenvalue weighted by Crippen LogP contribution is 2.30. The van der Waals surface area contributed by atoms with Crippen LogP contribution in [0, 0.1) is 5.92 Å². The van der Waals surface area contributed by atoms with Crippen LogP contribution < -0.4 is 21.9 Å². The maximum atomic E-state index is 12.8. The van der Waals surface area contributed by atoms with Gasteiger partial charge < -0.3 is 10.6 Å². The van der Waals surface area contributed by atoms with Gasteiger partial charge in [0.05, 0.1) is 16.9 Å². The summed E-state index contributed by atoms with van der Waals surface area (Å²) in [7, 11) is 0. The molecule has 166 valence electrons. The number of nitrogens with one attached hydrogen (secondary N) is 2. The van der Waals surface area contributed by atoms with E-state index in [1.807, 2.05) is 31.2 Å². The van der Waals surface area contributed by atoms with Crippen molar-refractivity contribution in [2.45, 2.75) is 45.8 Å². The first kappa shape index (κ1) is 21.5. The molecule has 2 aromatic carbocycles. The van der Waals surface area contributed by atoms with Gasteiger partial charge in [-0.25, -0.2) is 4.79 Å². The van der Waals surface area contributed by atoms with Crippen molar-refractivity contribution in [2.24, 2.45) is 5.92 Å². The molecule has 3 aromatic rings. The zero-order chi connectivity index (χ0) is 22.8. The Balaban J connectivity index is 1.49. The lowest BCUT2D eigenvalue weighted by molar-refractivity contribution is -0.122. The highest BCUT2D eigenvalue weighted by molar-refractivity contribution is 5.94. The number of fused-ring (bicyclic) bond motifs is 1. The predicted molar refractivity (Wildman–Crippen MR) is 122 cm³/mol. The Morgan fingerprint density at radius 1 is 1.03 bits per heavy atom. The molecule has 8 heteroatoms. The van der Waals surface area contributed by atoms with E-state index in [0.717, 1.165) is 28.7 Å². The van der Waals surface area contributed by atoms with Crippen molar-refractivity contribution in [1.82, 2.24) is 14.5 Å². The van der Waals surface area contributed by atoms with Gasteiger partial charge in [-0.15, -0.1) is 0 Å². The Morgan fingerprint density at radius 2 is 1.72 bits per heavy atom. The largest absolute Gasteiger partial charge is 0.348 e. The number of nitrogens with zero attached hydrogens (tertiary/aromatic N) is 2. The molecule has 2 amide bonds. The lowest BCUT2D eigenvalue weighted by Crippen LogP contribution is -2.42. The fourth-order valence-electron chi connectivity index (χ4n) is 3.76. The van der Waals surface area contributed by atoms with Crippen molar-refractivity contribution in [1.29, 1.82) is 0 Å². The number of hydrogen-bond donors (Lipinski definition) is 2.